The SMILES string of the molecule is COc1cccc(OC)c1C(=O)N1CC(n2cnnc2-c2cccnc2)C1. The van der Waals surface area contributed by atoms with Gasteiger partial charge in [0.05, 0.1) is 20.3 Å². The van der Waals surface area contributed by atoms with Gasteiger partial charge in [0.1, 0.15) is 23.4 Å². The molecule has 0 radical (unpaired) electrons. The van der Waals surface area contributed by atoms with Gasteiger partial charge in [0, 0.05) is 31.0 Å². The summed E-state index contributed by atoms with van der Waals surface area (Å²) in [6.45, 7) is 1.12. The fourth-order valence-electron chi connectivity index (χ4n) is 3.23. The summed E-state index contributed by atoms with van der Waals surface area (Å²) in [6, 6.07) is 9.22. The van der Waals surface area contributed by atoms with Crippen molar-refractivity contribution in [2.75, 3.05) is 27.3 Å². The van der Waals surface area contributed by atoms with Crippen LogP contribution in [0.2, 0.25) is 0 Å². The molecule has 2 aromatic heterocycles. The molecule has 1 fully saturated rings. The van der Waals surface area contributed by atoms with Crippen LogP contribution in [0.3, 0.4) is 0 Å². The summed E-state index contributed by atoms with van der Waals surface area (Å²) >= 11 is 0. The molecule has 0 aliphatic carbocycles. The van der Waals surface area contributed by atoms with E-state index in [-0.39, 0.29) is 11.9 Å². The molecule has 3 aromatic rings. The summed E-state index contributed by atoms with van der Waals surface area (Å²) in [7, 11) is 3.09. The summed E-state index contributed by atoms with van der Waals surface area (Å²) in [5.41, 5.74) is 1.34. The van der Waals surface area contributed by atoms with Gasteiger partial charge >= 0.3 is 0 Å². The van der Waals surface area contributed by atoms with E-state index in [1.807, 2.05) is 16.7 Å². The molecule has 1 amide bonds. The van der Waals surface area contributed by atoms with E-state index in [4.69, 9.17) is 9.47 Å². The Morgan fingerprint density at radius 1 is 1.11 bits per heavy atom. The van der Waals surface area contributed by atoms with Gasteiger partial charge in [-0.3, -0.25) is 9.78 Å². The minimum absolute atomic E-state index is 0.111. The predicted octanol–water partition coefficient (Wildman–Crippen LogP) is 2.05. The van der Waals surface area contributed by atoms with E-state index in [1.165, 1.54) is 0 Å². The van der Waals surface area contributed by atoms with Crippen LogP contribution in [0, 0.1) is 0 Å². The third kappa shape index (κ3) is 2.99. The van der Waals surface area contributed by atoms with Crippen molar-refractivity contribution in [3.05, 3.63) is 54.6 Å². The fourth-order valence-corrected chi connectivity index (χ4v) is 3.23. The number of carbonyl (C=O) groups excluding carboxylic acids is 1. The van der Waals surface area contributed by atoms with Crippen molar-refractivity contribution < 1.29 is 14.3 Å². The fraction of sp³-hybridized carbons (Fsp3) is 0.263. The van der Waals surface area contributed by atoms with Gasteiger partial charge in [0.25, 0.3) is 5.91 Å². The maximum atomic E-state index is 13.0. The first-order chi connectivity index (χ1) is 13.2. The Morgan fingerprint density at radius 3 is 2.48 bits per heavy atom. The van der Waals surface area contributed by atoms with Gasteiger partial charge < -0.3 is 18.9 Å². The van der Waals surface area contributed by atoms with Crippen LogP contribution in [0.1, 0.15) is 16.4 Å². The summed E-state index contributed by atoms with van der Waals surface area (Å²) in [6.07, 6.45) is 5.16. The molecule has 1 saturated heterocycles. The zero-order chi connectivity index (χ0) is 18.8. The molecule has 27 heavy (non-hydrogen) atoms. The molecule has 8 nitrogen and oxygen atoms in total. The lowest BCUT2D eigenvalue weighted by Crippen LogP contribution is -2.50. The number of ether oxygens (including phenoxy) is 2. The number of hydrogen-bond acceptors (Lipinski definition) is 6. The van der Waals surface area contributed by atoms with Gasteiger partial charge in [-0.05, 0) is 24.3 Å². The van der Waals surface area contributed by atoms with Gasteiger partial charge in [0.2, 0.25) is 0 Å². The van der Waals surface area contributed by atoms with Gasteiger partial charge in [-0.2, -0.15) is 0 Å². The van der Waals surface area contributed by atoms with Crippen molar-refractivity contribution in [1.29, 1.82) is 0 Å². The van der Waals surface area contributed by atoms with Crippen LogP contribution >= 0.6 is 0 Å². The number of amides is 1. The van der Waals surface area contributed by atoms with Gasteiger partial charge in [-0.1, -0.05) is 6.07 Å². The number of benzene rings is 1. The molecule has 0 unspecified atom stereocenters. The van der Waals surface area contributed by atoms with Crippen molar-refractivity contribution in [2.24, 2.45) is 0 Å². The number of likely N-dealkylation sites (tertiary alicyclic amines) is 1. The Balaban J connectivity index is 1.53. The normalized spacial score (nSPS) is 13.9. The maximum absolute atomic E-state index is 13.0. The van der Waals surface area contributed by atoms with E-state index in [1.54, 1.807) is 56.0 Å². The van der Waals surface area contributed by atoms with Crippen LogP contribution in [0.15, 0.2) is 49.1 Å². The van der Waals surface area contributed by atoms with E-state index < -0.39 is 0 Å². The smallest absolute Gasteiger partial charge is 0.261 e. The van der Waals surface area contributed by atoms with E-state index in [0.29, 0.717) is 30.2 Å². The van der Waals surface area contributed by atoms with E-state index in [0.717, 1.165) is 11.4 Å². The standard InChI is InChI=1S/C19H19N5O3/c1-26-15-6-3-7-16(27-2)17(15)19(25)23-10-14(11-23)24-12-21-22-18(24)13-5-4-8-20-9-13/h3-9,12,14H,10-11H2,1-2H3. The van der Waals surface area contributed by atoms with Gasteiger partial charge in [0.15, 0.2) is 5.82 Å². The average Bonchev–Trinajstić information content (AvgIpc) is 3.16. The highest BCUT2D eigenvalue weighted by atomic mass is 16.5. The molecular formula is C19H19N5O3. The Morgan fingerprint density at radius 2 is 1.85 bits per heavy atom. The van der Waals surface area contributed by atoms with Crippen molar-refractivity contribution in [1.82, 2.24) is 24.6 Å². The average molecular weight is 365 g/mol. The van der Waals surface area contributed by atoms with Crippen molar-refractivity contribution in [3.63, 3.8) is 0 Å². The highest BCUT2D eigenvalue weighted by Crippen LogP contribution is 2.33. The second-order valence-corrected chi connectivity index (χ2v) is 6.21. The van der Waals surface area contributed by atoms with Crippen LogP contribution in [0.5, 0.6) is 11.5 Å². The molecule has 1 aliphatic rings. The van der Waals surface area contributed by atoms with Crippen molar-refractivity contribution in [3.8, 4) is 22.9 Å². The molecule has 0 saturated carbocycles. The van der Waals surface area contributed by atoms with Crippen LogP contribution in [-0.2, 0) is 0 Å². The maximum Gasteiger partial charge on any atom is 0.261 e. The number of hydrogen-bond donors (Lipinski definition) is 0. The van der Waals surface area contributed by atoms with E-state index in [9.17, 15) is 4.79 Å². The predicted molar refractivity (Wildman–Crippen MR) is 97.7 cm³/mol. The molecule has 1 aromatic carbocycles. The summed E-state index contributed by atoms with van der Waals surface area (Å²) in [5.74, 6) is 1.64. The molecule has 0 N–H and O–H groups in total. The second kappa shape index (κ2) is 7.06. The Kier molecular flexibility index (Phi) is 4.45. The summed E-state index contributed by atoms with van der Waals surface area (Å²) in [5, 5.41) is 8.23. The lowest BCUT2D eigenvalue weighted by Gasteiger charge is -2.40. The Labute approximate surface area is 156 Å². The number of rotatable bonds is 5. The van der Waals surface area contributed by atoms with Gasteiger partial charge in [-0.25, -0.2) is 0 Å². The Bertz CT molecular complexity index is 929. The number of aromatic nitrogens is 4. The second-order valence-electron chi connectivity index (χ2n) is 6.21. The molecule has 1 aliphatic heterocycles. The summed E-state index contributed by atoms with van der Waals surface area (Å²) < 4.78 is 12.7. The minimum atomic E-state index is -0.114. The minimum Gasteiger partial charge on any atom is -0.496 e. The first-order valence-corrected chi connectivity index (χ1v) is 8.53. The first kappa shape index (κ1) is 17.0. The molecule has 4 rings (SSSR count). The molecule has 0 atom stereocenters. The largest absolute Gasteiger partial charge is 0.496 e. The lowest BCUT2D eigenvalue weighted by molar-refractivity contribution is 0.0515. The first-order valence-electron chi connectivity index (χ1n) is 8.53. The molecule has 0 bridgehead atoms. The summed E-state index contributed by atoms with van der Waals surface area (Å²) in [4.78, 5) is 18.9. The molecule has 138 valence electrons. The Hall–Kier alpha value is -3.42. The van der Waals surface area contributed by atoms with Crippen LogP contribution in [0.4, 0.5) is 0 Å². The van der Waals surface area contributed by atoms with Gasteiger partial charge in [-0.15, -0.1) is 10.2 Å². The number of pyridine rings is 1. The van der Waals surface area contributed by atoms with E-state index >= 15 is 0 Å². The monoisotopic (exact) mass is 365 g/mol. The molecule has 8 heteroatoms. The third-order valence-electron chi connectivity index (χ3n) is 4.68. The van der Waals surface area contributed by atoms with Crippen LogP contribution < -0.4 is 9.47 Å². The molecular weight excluding hydrogens is 346 g/mol. The lowest BCUT2D eigenvalue weighted by atomic mass is 10.0. The van der Waals surface area contributed by atoms with Crippen LogP contribution in [0.25, 0.3) is 11.4 Å². The number of methoxy groups -OCH3 is 2. The molecule has 3 heterocycles. The topological polar surface area (TPSA) is 82.4 Å². The van der Waals surface area contributed by atoms with E-state index in [2.05, 4.69) is 15.2 Å². The highest BCUT2D eigenvalue weighted by molar-refractivity contribution is 6.00. The van der Waals surface area contributed by atoms with Crippen molar-refractivity contribution in [2.45, 2.75) is 6.04 Å². The number of carbonyl (C=O) groups is 1. The zero-order valence-electron chi connectivity index (χ0n) is 15.1. The number of nitrogens with zero attached hydrogens (tertiary/aromatic N) is 5. The zero-order valence-corrected chi connectivity index (χ0v) is 15.1. The molecule has 0 spiro atoms. The third-order valence-corrected chi connectivity index (χ3v) is 4.68. The van der Waals surface area contributed by atoms with Crippen LogP contribution in [-0.4, -0.2) is 57.9 Å². The highest BCUT2D eigenvalue weighted by Gasteiger charge is 2.36. The quantitative estimate of drug-likeness (QED) is 0.688. The van der Waals surface area contributed by atoms with Crippen molar-refractivity contribution >= 4 is 5.91 Å².